The Morgan fingerprint density at radius 3 is 2.51 bits per heavy atom. The molecule has 9 atom stereocenters. The van der Waals surface area contributed by atoms with E-state index in [2.05, 4.69) is 46.8 Å². The molecule has 5 rings (SSSR count). The first-order chi connectivity index (χ1) is 17.7. The predicted molar refractivity (Wildman–Crippen MR) is 157 cm³/mol. The van der Waals surface area contributed by atoms with Crippen LogP contribution in [0.3, 0.4) is 0 Å². The normalized spacial score (nSPS) is 39.6. The molecule has 4 aliphatic rings. The number of rotatable bonds is 8. The minimum Gasteiger partial charge on any atom is -0.488 e. The van der Waals surface area contributed by atoms with E-state index in [-0.39, 0.29) is 6.10 Å². The van der Waals surface area contributed by atoms with Gasteiger partial charge in [-0.05, 0) is 122 Å². The van der Waals surface area contributed by atoms with Crippen LogP contribution in [0.15, 0.2) is 30.4 Å². The SMILES string of the molecule is CCC12CC[C@@H](Oc3ccc(N)cc3N)CC1C=CC1C3CCC([C@H](C)CCCC(C)C)C3(C)CCC12. The smallest absolute Gasteiger partial charge is 0.142 e. The Morgan fingerprint density at radius 2 is 1.78 bits per heavy atom. The minimum absolute atomic E-state index is 0.244. The average Bonchev–Trinajstić information content (AvgIpc) is 3.22. The highest BCUT2D eigenvalue weighted by atomic mass is 16.5. The molecule has 3 fully saturated rings. The Bertz CT molecular complexity index is 971. The summed E-state index contributed by atoms with van der Waals surface area (Å²) in [6.45, 7) is 12.5. The van der Waals surface area contributed by atoms with Crippen LogP contribution in [0.1, 0.15) is 105 Å². The Morgan fingerprint density at radius 1 is 0.973 bits per heavy atom. The molecule has 4 N–H and O–H groups in total. The Balaban J connectivity index is 1.30. The van der Waals surface area contributed by atoms with E-state index in [9.17, 15) is 0 Å². The lowest BCUT2D eigenvalue weighted by Gasteiger charge is -2.60. The topological polar surface area (TPSA) is 61.3 Å². The van der Waals surface area contributed by atoms with Crippen molar-refractivity contribution in [3.8, 4) is 5.75 Å². The van der Waals surface area contributed by atoms with Gasteiger partial charge in [0.2, 0.25) is 0 Å². The standard InChI is InChI=1S/C34H54N2O/c1-6-34-19-16-26(37-32-15-11-25(35)21-31(32)36)20-24(34)10-12-27-29-14-13-28(23(4)9-7-8-22(2)3)33(29,5)18-17-30(27)34/h10-12,15,21-24,26-30H,6-9,13-14,16-20,35-36H2,1-5H3/t23-,24?,26-,27?,28?,29?,30?,33?,34?/m1/s1. The highest BCUT2D eigenvalue weighted by Crippen LogP contribution is 2.67. The molecule has 0 saturated heterocycles. The number of ether oxygens (including phenoxy) is 1. The number of allylic oxidation sites excluding steroid dienone is 2. The zero-order valence-electron chi connectivity index (χ0n) is 24.3. The number of nitrogen functional groups attached to an aromatic ring is 2. The highest BCUT2D eigenvalue weighted by molar-refractivity contribution is 5.60. The Labute approximate surface area is 227 Å². The molecule has 3 saturated carbocycles. The second-order valence-corrected chi connectivity index (χ2v) is 14.2. The molecule has 0 heterocycles. The van der Waals surface area contributed by atoms with E-state index >= 15 is 0 Å². The molecule has 0 spiro atoms. The van der Waals surface area contributed by atoms with Gasteiger partial charge in [0.15, 0.2) is 0 Å². The van der Waals surface area contributed by atoms with Gasteiger partial charge < -0.3 is 16.2 Å². The maximum Gasteiger partial charge on any atom is 0.142 e. The van der Waals surface area contributed by atoms with Crippen molar-refractivity contribution in [2.75, 3.05) is 11.5 Å². The van der Waals surface area contributed by atoms with Crippen molar-refractivity contribution >= 4 is 11.4 Å². The second-order valence-electron chi connectivity index (χ2n) is 14.2. The van der Waals surface area contributed by atoms with Crippen LogP contribution < -0.4 is 16.2 Å². The van der Waals surface area contributed by atoms with Crippen molar-refractivity contribution in [2.45, 2.75) is 111 Å². The van der Waals surface area contributed by atoms with E-state index in [0.717, 1.165) is 54.1 Å². The van der Waals surface area contributed by atoms with Crippen molar-refractivity contribution in [3.05, 3.63) is 30.4 Å². The molecule has 0 radical (unpaired) electrons. The molecule has 0 bridgehead atoms. The number of fused-ring (bicyclic) bond motifs is 5. The first kappa shape index (κ1) is 26.9. The lowest BCUT2D eigenvalue weighted by Crippen LogP contribution is -2.53. The van der Waals surface area contributed by atoms with Crippen molar-refractivity contribution < 1.29 is 4.74 Å². The molecule has 3 heteroatoms. The van der Waals surface area contributed by atoms with Crippen LogP contribution in [0.25, 0.3) is 0 Å². The van der Waals surface area contributed by atoms with E-state index in [1.807, 2.05) is 18.2 Å². The second kappa shape index (κ2) is 10.5. The fraction of sp³-hybridized carbons (Fsp3) is 0.765. The van der Waals surface area contributed by atoms with Crippen LogP contribution in [-0.2, 0) is 0 Å². The lowest BCUT2D eigenvalue weighted by atomic mass is 9.45. The summed E-state index contributed by atoms with van der Waals surface area (Å²) in [6.07, 6.45) is 20.5. The number of hydrogen-bond acceptors (Lipinski definition) is 3. The van der Waals surface area contributed by atoms with E-state index < -0.39 is 0 Å². The largest absolute Gasteiger partial charge is 0.488 e. The number of anilines is 2. The minimum atomic E-state index is 0.244. The van der Waals surface area contributed by atoms with Gasteiger partial charge in [-0.25, -0.2) is 0 Å². The first-order valence-corrected chi connectivity index (χ1v) is 15.7. The monoisotopic (exact) mass is 506 g/mol. The van der Waals surface area contributed by atoms with Crippen LogP contribution in [0.5, 0.6) is 5.75 Å². The lowest BCUT2D eigenvalue weighted by molar-refractivity contribution is -0.0891. The summed E-state index contributed by atoms with van der Waals surface area (Å²) in [5.74, 6) is 6.58. The molecule has 7 unspecified atom stereocenters. The molecule has 0 amide bonds. The third-order valence-corrected chi connectivity index (χ3v) is 12.0. The van der Waals surface area contributed by atoms with Crippen LogP contribution in [-0.4, -0.2) is 6.10 Å². The Kier molecular flexibility index (Phi) is 7.64. The molecule has 4 aliphatic carbocycles. The molecule has 0 aliphatic heterocycles. The van der Waals surface area contributed by atoms with Crippen LogP contribution in [0, 0.1) is 52.3 Å². The third kappa shape index (κ3) is 4.82. The fourth-order valence-corrected chi connectivity index (χ4v) is 10.1. The predicted octanol–water partition coefficient (Wildman–Crippen LogP) is 8.89. The third-order valence-electron chi connectivity index (χ3n) is 12.0. The quantitative estimate of drug-likeness (QED) is 0.273. The fourth-order valence-electron chi connectivity index (χ4n) is 10.1. The van der Waals surface area contributed by atoms with Crippen LogP contribution in [0.4, 0.5) is 11.4 Å². The van der Waals surface area contributed by atoms with E-state index in [1.165, 1.54) is 57.8 Å². The van der Waals surface area contributed by atoms with Gasteiger partial charge in [0.25, 0.3) is 0 Å². The van der Waals surface area contributed by atoms with Crippen molar-refractivity contribution in [1.82, 2.24) is 0 Å². The zero-order chi connectivity index (χ0) is 26.4. The summed E-state index contributed by atoms with van der Waals surface area (Å²) in [5.41, 5.74) is 14.5. The Hall–Kier alpha value is -1.64. The van der Waals surface area contributed by atoms with Gasteiger partial charge in [0.05, 0.1) is 11.8 Å². The van der Waals surface area contributed by atoms with E-state index in [1.54, 1.807) is 0 Å². The van der Waals surface area contributed by atoms with Crippen molar-refractivity contribution in [2.24, 2.45) is 52.3 Å². The van der Waals surface area contributed by atoms with Gasteiger partial charge >= 0.3 is 0 Å². The van der Waals surface area contributed by atoms with Gasteiger partial charge in [-0.2, -0.15) is 0 Å². The summed E-state index contributed by atoms with van der Waals surface area (Å²) in [4.78, 5) is 0. The maximum atomic E-state index is 6.47. The van der Waals surface area contributed by atoms with Crippen molar-refractivity contribution in [1.29, 1.82) is 0 Å². The summed E-state index contributed by atoms with van der Waals surface area (Å²) in [7, 11) is 0. The average molecular weight is 507 g/mol. The summed E-state index contributed by atoms with van der Waals surface area (Å²) < 4.78 is 6.47. The van der Waals surface area contributed by atoms with Gasteiger partial charge in [0, 0.05) is 5.69 Å². The first-order valence-electron chi connectivity index (χ1n) is 15.7. The summed E-state index contributed by atoms with van der Waals surface area (Å²) in [6, 6.07) is 5.66. The maximum absolute atomic E-state index is 6.47. The van der Waals surface area contributed by atoms with Gasteiger partial charge in [0.1, 0.15) is 5.75 Å². The van der Waals surface area contributed by atoms with E-state index in [0.29, 0.717) is 28.1 Å². The molecule has 1 aromatic carbocycles. The molecule has 37 heavy (non-hydrogen) atoms. The van der Waals surface area contributed by atoms with Crippen LogP contribution in [0.2, 0.25) is 0 Å². The number of nitrogens with two attached hydrogens (primary N) is 2. The summed E-state index contributed by atoms with van der Waals surface area (Å²) >= 11 is 0. The molecule has 0 aromatic heterocycles. The van der Waals surface area contributed by atoms with Crippen molar-refractivity contribution in [3.63, 3.8) is 0 Å². The number of benzene rings is 1. The van der Waals surface area contributed by atoms with Gasteiger partial charge in [-0.15, -0.1) is 0 Å². The summed E-state index contributed by atoms with van der Waals surface area (Å²) in [5, 5.41) is 0. The molecule has 206 valence electrons. The molecular formula is C34H54N2O. The zero-order valence-corrected chi connectivity index (χ0v) is 24.3. The molecule has 3 nitrogen and oxygen atoms in total. The highest BCUT2D eigenvalue weighted by Gasteiger charge is 2.60. The van der Waals surface area contributed by atoms with Gasteiger partial charge in [-0.3, -0.25) is 0 Å². The number of hydrogen-bond donors (Lipinski definition) is 2. The molecule has 1 aromatic rings. The molecular weight excluding hydrogens is 452 g/mol. The van der Waals surface area contributed by atoms with Crippen LogP contribution >= 0.6 is 0 Å². The van der Waals surface area contributed by atoms with E-state index in [4.69, 9.17) is 16.2 Å². The van der Waals surface area contributed by atoms with Gasteiger partial charge in [-0.1, -0.05) is 66.0 Å².